The third-order valence-corrected chi connectivity index (χ3v) is 6.63. The van der Waals surface area contributed by atoms with E-state index in [0.29, 0.717) is 5.69 Å². The molecular weight excluding hydrogens is 426 g/mol. The van der Waals surface area contributed by atoms with Gasteiger partial charge in [-0.1, -0.05) is 49.4 Å². The molecule has 0 radical (unpaired) electrons. The highest BCUT2D eigenvalue weighted by molar-refractivity contribution is 7.92. The molecule has 0 unspecified atom stereocenters. The van der Waals surface area contributed by atoms with Crippen molar-refractivity contribution in [2.75, 3.05) is 17.1 Å². The number of anilines is 1. The normalized spacial score (nSPS) is 13.2. The second-order valence-corrected chi connectivity index (χ2v) is 9.95. The highest BCUT2D eigenvalue weighted by atomic mass is 32.2. The van der Waals surface area contributed by atoms with Gasteiger partial charge in [0, 0.05) is 12.6 Å². The molecule has 0 saturated heterocycles. The summed E-state index contributed by atoms with van der Waals surface area (Å²) in [4.78, 5) is 27.7. The van der Waals surface area contributed by atoms with E-state index in [-0.39, 0.29) is 18.5 Å². The second kappa shape index (κ2) is 11.1. The van der Waals surface area contributed by atoms with Gasteiger partial charge >= 0.3 is 0 Å². The smallest absolute Gasteiger partial charge is 0.244 e. The SMILES string of the molecule is CC[C@H](C)NC(=O)[C@H](C)N(Cc1ccccc1C)C(=O)CN(c1ccccc1)S(C)(=O)=O. The number of hydrogen-bond acceptors (Lipinski definition) is 4. The fourth-order valence-corrected chi connectivity index (χ4v) is 4.08. The number of nitrogens with zero attached hydrogens (tertiary/aromatic N) is 2. The van der Waals surface area contributed by atoms with Gasteiger partial charge in [0.05, 0.1) is 11.9 Å². The Morgan fingerprint density at radius 2 is 1.59 bits per heavy atom. The molecule has 32 heavy (non-hydrogen) atoms. The number of sulfonamides is 1. The summed E-state index contributed by atoms with van der Waals surface area (Å²) in [6.07, 6.45) is 1.83. The van der Waals surface area contributed by atoms with Crippen LogP contribution in [0.4, 0.5) is 5.69 Å². The van der Waals surface area contributed by atoms with Gasteiger partial charge in [-0.15, -0.1) is 0 Å². The van der Waals surface area contributed by atoms with Crippen LogP contribution in [0, 0.1) is 6.92 Å². The molecule has 2 rings (SSSR count). The number of hydrogen-bond donors (Lipinski definition) is 1. The monoisotopic (exact) mass is 459 g/mol. The minimum absolute atomic E-state index is 0.0304. The van der Waals surface area contributed by atoms with Crippen molar-refractivity contribution < 1.29 is 18.0 Å². The van der Waals surface area contributed by atoms with Crippen molar-refractivity contribution in [2.45, 2.75) is 52.7 Å². The molecule has 0 aromatic heterocycles. The summed E-state index contributed by atoms with van der Waals surface area (Å²) in [7, 11) is -3.71. The summed E-state index contributed by atoms with van der Waals surface area (Å²) in [5.74, 6) is -0.721. The molecular formula is C24H33N3O4S. The maximum Gasteiger partial charge on any atom is 0.244 e. The zero-order valence-corrected chi connectivity index (χ0v) is 20.2. The molecule has 2 atom stereocenters. The van der Waals surface area contributed by atoms with Crippen molar-refractivity contribution in [2.24, 2.45) is 0 Å². The Labute approximate surface area is 191 Å². The molecule has 174 valence electrons. The lowest BCUT2D eigenvalue weighted by atomic mass is 10.1. The molecule has 0 aliphatic heterocycles. The van der Waals surface area contributed by atoms with Crippen LogP contribution in [0.2, 0.25) is 0 Å². The van der Waals surface area contributed by atoms with Crippen molar-refractivity contribution in [3.63, 3.8) is 0 Å². The Bertz CT molecular complexity index is 1020. The van der Waals surface area contributed by atoms with E-state index >= 15 is 0 Å². The number of carbonyl (C=O) groups is 2. The fraction of sp³-hybridized carbons (Fsp3) is 0.417. The summed E-state index contributed by atoms with van der Waals surface area (Å²) < 4.78 is 26.0. The van der Waals surface area contributed by atoms with Gasteiger partial charge in [0.25, 0.3) is 0 Å². The van der Waals surface area contributed by atoms with E-state index in [2.05, 4.69) is 5.32 Å². The van der Waals surface area contributed by atoms with E-state index in [0.717, 1.165) is 28.1 Å². The van der Waals surface area contributed by atoms with Crippen LogP contribution >= 0.6 is 0 Å². The first-order chi connectivity index (χ1) is 15.0. The quantitative estimate of drug-likeness (QED) is 0.592. The lowest BCUT2D eigenvalue weighted by molar-refractivity contribution is -0.139. The molecule has 0 fully saturated rings. The van der Waals surface area contributed by atoms with Gasteiger partial charge in [0.2, 0.25) is 21.8 Å². The molecule has 2 aromatic rings. The Morgan fingerprint density at radius 1 is 1.00 bits per heavy atom. The van der Waals surface area contributed by atoms with Crippen LogP contribution in [0.5, 0.6) is 0 Å². The summed E-state index contributed by atoms with van der Waals surface area (Å²) in [6.45, 7) is 7.28. The van der Waals surface area contributed by atoms with E-state index in [4.69, 9.17) is 0 Å². The molecule has 0 saturated carbocycles. The van der Waals surface area contributed by atoms with Crippen molar-refractivity contribution in [1.29, 1.82) is 0 Å². The molecule has 0 bridgehead atoms. The van der Waals surface area contributed by atoms with Crippen LogP contribution < -0.4 is 9.62 Å². The van der Waals surface area contributed by atoms with Gasteiger partial charge < -0.3 is 10.2 Å². The predicted octanol–water partition coefficient (Wildman–Crippen LogP) is 3.09. The second-order valence-electron chi connectivity index (χ2n) is 8.05. The van der Waals surface area contributed by atoms with E-state index in [1.54, 1.807) is 37.3 Å². The van der Waals surface area contributed by atoms with Crippen molar-refractivity contribution in [3.05, 3.63) is 65.7 Å². The predicted molar refractivity (Wildman–Crippen MR) is 128 cm³/mol. The van der Waals surface area contributed by atoms with Crippen LogP contribution in [-0.2, 0) is 26.2 Å². The fourth-order valence-electron chi connectivity index (χ4n) is 3.23. The first-order valence-corrected chi connectivity index (χ1v) is 12.6. The average molecular weight is 460 g/mol. The summed E-state index contributed by atoms with van der Waals surface area (Å²) in [5.41, 5.74) is 2.29. The number of benzene rings is 2. The van der Waals surface area contributed by atoms with Crippen molar-refractivity contribution in [1.82, 2.24) is 10.2 Å². The molecule has 0 aliphatic rings. The number of carbonyl (C=O) groups excluding carboxylic acids is 2. The van der Waals surface area contributed by atoms with Crippen molar-refractivity contribution in [3.8, 4) is 0 Å². The standard InChI is InChI=1S/C24H33N3O4S/c1-6-19(3)25-24(29)20(4)26(16-21-13-11-10-12-18(21)2)23(28)17-27(32(5,30)31)22-14-8-7-9-15-22/h7-15,19-20H,6,16-17H2,1-5H3,(H,25,29)/t19-,20-/m0/s1. The number of amides is 2. The highest BCUT2D eigenvalue weighted by Gasteiger charge is 2.30. The first kappa shape index (κ1) is 25.4. The molecule has 7 nitrogen and oxygen atoms in total. The Kier molecular flexibility index (Phi) is 8.83. The van der Waals surface area contributed by atoms with Crippen LogP contribution in [-0.4, -0.2) is 50.0 Å². The van der Waals surface area contributed by atoms with Gasteiger partial charge in [0.15, 0.2) is 0 Å². The molecule has 2 amide bonds. The van der Waals surface area contributed by atoms with E-state index < -0.39 is 28.5 Å². The summed E-state index contributed by atoms with van der Waals surface area (Å²) >= 11 is 0. The lowest BCUT2D eigenvalue weighted by Gasteiger charge is -2.32. The molecule has 8 heteroatoms. The van der Waals surface area contributed by atoms with E-state index in [1.807, 2.05) is 45.0 Å². The number of rotatable bonds is 10. The van der Waals surface area contributed by atoms with Gasteiger partial charge in [-0.25, -0.2) is 8.42 Å². The van der Waals surface area contributed by atoms with Gasteiger partial charge in [-0.05, 0) is 50.5 Å². The van der Waals surface area contributed by atoms with Crippen LogP contribution in [0.3, 0.4) is 0 Å². The largest absolute Gasteiger partial charge is 0.352 e. The Hall–Kier alpha value is -2.87. The van der Waals surface area contributed by atoms with Crippen molar-refractivity contribution >= 4 is 27.5 Å². The summed E-state index contributed by atoms with van der Waals surface area (Å²) in [6, 6.07) is 15.3. The van der Waals surface area contributed by atoms with E-state index in [1.165, 1.54) is 4.90 Å². The molecule has 0 heterocycles. The molecule has 0 aliphatic carbocycles. The minimum atomic E-state index is -3.71. The highest BCUT2D eigenvalue weighted by Crippen LogP contribution is 2.19. The van der Waals surface area contributed by atoms with Crippen LogP contribution in [0.15, 0.2) is 54.6 Å². The zero-order valence-electron chi connectivity index (χ0n) is 19.4. The Morgan fingerprint density at radius 3 is 2.16 bits per heavy atom. The molecule has 2 aromatic carbocycles. The third kappa shape index (κ3) is 6.82. The number of nitrogens with one attached hydrogen (secondary N) is 1. The topological polar surface area (TPSA) is 86.8 Å². The molecule has 0 spiro atoms. The zero-order chi connectivity index (χ0) is 23.9. The van der Waals surface area contributed by atoms with Gasteiger partial charge in [-0.3, -0.25) is 13.9 Å². The average Bonchev–Trinajstić information content (AvgIpc) is 2.75. The van der Waals surface area contributed by atoms with Crippen LogP contribution in [0.1, 0.15) is 38.3 Å². The Balaban J connectivity index is 2.37. The summed E-state index contributed by atoms with van der Waals surface area (Å²) in [5, 5.41) is 2.92. The van der Waals surface area contributed by atoms with Gasteiger partial charge in [0.1, 0.15) is 12.6 Å². The first-order valence-electron chi connectivity index (χ1n) is 10.7. The number of para-hydroxylation sites is 1. The third-order valence-electron chi connectivity index (χ3n) is 5.49. The molecule has 1 N–H and O–H groups in total. The van der Waals surface area contributed by atoms with Crippen LogP contribution in [0.25, 0.3) is 0 Å². The number of aryl methyl sites for hydroxylation is 1. The lowest BCUT2D eigenvalue weighted by Crippen LogP contribution is -2.52. The van der Waals surface area contributed by atoms with E-state index in [9.17, 15) is 18.0 Å². The minimum Gasteiger partial charge on any atom is -0.352 e. The maximum absolute atomic E-state index is 13.4. The maximum atomic E-state index is 13.4. The van der Waals surface area contributed by atoms with Gasteiger partial charge in [-0.2, -0.15) is 0 Å².